The van der Waals surface area contributed by atoms with Crippen molar-refractivity contribution in [3.63, 3.8) is 0 Å². The molecule has 1 aliphatic rings. The number of carbonyl (C=O) groups excluding carboxylic acids is 1. The molecule has 0 saturated heterocycles. The quantitative estimate of drug-likeness (QED) is 0.867. The second-order valence-electron chi connectivity index (χ2n) is 8.15. The van der Waals surface area contributed by atoms with Crippen LogP contribution in [0.2, 0.25) is 0 Å². The van der Waals surface area contributed by atoms with Gasteiger partial charge in [0.15, 0.2) is 0 Å². The molecule has 1 heterocycles. The predicted molar refractivity (Wildman–Crippen MR) is 109 cm³/mol. The van der Waals surface area contributed by atoms with Gasteiger partial charge in [0.1, 0.15) is 0 Å². The molecule has 27 heavy (non-hydrogen) atoms. The Morgan fingerprint density at radius 2 is 1.78 bits per heavy atom. The fraction of sp³-hybridized carbons (Fsp3) is 0.381. The number of hydrogen-bond donors (Lipinski definition) is 1. The molecule has 3 rings (SSSR count). The summed E-state index contributed by atoms with van der Waals surface area (Å²) in [5.74, 6) is 0.00730. The van der Waals surface area contributed by atoms with Crippen LogP contribution in [-0.4, -0.2) is 20.9 Å². The zero-order valence-electron chi connectivity index (χ0n) is 16.2. The van der Waals surface area contributed by atoms with E-state index in [-0.39, 0.29) is 11.7 Å². The van der Waals surface area contributed by atoms with E-state index in [0.717, 1.165) is 28.8 Å². The smallest absolute Gasteiger partial charge is 0.236 e. The summed E-state index contributed by atoms with van der Waals surface area (Å²) in [4.78, 5) is 14.4. The van der Waals surface area contributed by atoms with Crippen molar-refractivity contribution in [1.82, 2.24) is 0 Å². The fourth-order valence-electron chi connectivity index (χ4n) is 3.20. The Morgan fingerprint density at radius 1 is 1.11 bits per heavy atom. The lowest BCUT2D eigenvalue weighted by Gasteiger charge is -2.26. The van der Waals surface area contributed by atoms with E-state index in [1.54, 1.807) is 11.0 Å². The number of sulfonamides is 1. The summed E-state index contributed by atoms with van der Waals surface area (Å²) in [7, 11) is -3.50. The van der Waals surface area contributed by atoms with E-state index < -0.39 is 15.4 Å². The summed E-state index contributed by atoms with van der Waals surface area (Å²) < 4.78 is 27.6. The summed E-state index contributed by atoms with van der Waals surface area (Å²) in [5, 5.41) is 0. The lowest BCUT2D eigenvalue weighted by Crippen LogP contribution is -2.38. The molecule has 144 valence electrons. The molecule has 1 aliphatic heterocycles. The summed E-state index contributed by atoms with van der Waals surface area (Å²) in [6, 6.07) is 12.8. The molecule has 0 aliphatic carbocycles. The lowest BCUT2D eigenvalue weighted by atomic mass is 9.94. The highest BCUT2D eigenvalue weighted by Crippen LogP contribution is 2.34. The molecule has 1 amide bonds. The standard InChI is InChI=1S/C21H26N2O3S/c1-15-5-7-16(8-6-15)14-27(25,26)22-18-9-10-19-17(13-18)11-12-23(19)20(24)21(2,3)4/h5-10,13,22H,11-12,14H2,1-4H3. The van der Waals surface area contributed by atoms with E-state index in [9.17, 15) is 13.2 Å². The van der Waals surface area contributed by atoms with Gasteiger partial charge in [-0.1, -0.05) is 50.6 Å². The SMILES string of the molecule is Cc1ccc(CS(=O)(=O)Nc2ccc3c(c2)CCN3C(=O)C(C)(C)C)cc1. The number of benzene rings is 2. The van der Waals surface area contributed by atoms with Gasteiger partial charge in [-0.3, -0.25) is 9.52 Å². The van der Waals surface area contributed by atoms with Crippen molar-refractivity contribution >= 4 is 27.3 Å². The minimum Gasteiger partial charge on any atom is -0.311 e. The highest BCUT2D eigenvalue weighted by molar-refractivity contribution is 7.91. The number of amides is 1. The van der Waals surface area contributed by atoms with Crippen molar-refractivity contribution in [3.05, 3.63) is 59.2 Å². The Labute approximate surface area is 161 Å². The molecule has 2 aromatic rings. The van der Waals surface area contributed by atoms with Gasteiger partial charge in [0.2, 0.25) is 15.9 Å². The third-order valence-corrected chi connectivity index (χ3v) is 5.87. The van der Waals surface area contributed by atoms with Crippen molar-refractivity contribution < 1.29 is 13.2 Å². The molecule has 0 unspecified atom stereocenters. The van der Waals surface area contributed by atoms with Crippen LogP contribution in [0.5, 0.6) is 0 Å². The number of fused-ring (bicyclic) bond motifs is 1. The first kappa shape index (κ1) is 19.4. The van der Waals surface area contributed by atoms with Crippen LogP contribution >= 0.6 is 0 Å². The van der Waals surface area contributed by atoms with Crippen molar-refractivity contribution in [1.29, 1.82) is 0 Å². The van der Waals surface area contributed by atoms with Crippen molar-refractivity contribution in [2.24, 2.45) is 5.41 Å². The Kier molecular flexibility index (Phi) is 5.04. The second kappa shape index (κ2) is 7.00. The van der Waals surface area contributed by atoms with Crippen LogP contribution in [0.3, 0.4) is 0 Å². The van der Waals surface area contributed by atoms with Crippen LogP contribution in [0.15, 0.2) is 42.5 Å². The normalized spacial score (nSPS) is 14.1. The molecule has 0 fully saturated rings. The third kappa shape index (κ3) is 4.50. The predicted octanol–water partition coefficient (Wildman–Crippen LogP) is 3.87. The van der Waals surface area contributed by atoms with Crippen molar-refractivity contribution in [2.75, 3.05) is 16.2 Å². The molecule has 5 nitrogen and oxygen atoms in total. The first-order chi connectivity index (χ1) is 12.5. The van der Waals surface area contributed by atoms with Crippen LogP contribution in [0.4, 0.5) is 11.4 Å². The van der Waals surface area contributed by atoms with Crippen LogP contribution in [0, 0.1) is 12.3 Å². The molecular weight excluding hydrogens is 360 g/mol. The maximum Gasteiger partial charge on any atom is 0.236 e. The summed E-state index contributed by atoms with van der Waals surface area (Å²) >= 11 is 0. The van der Waals surface area contributed by atoms with Crippen molar-refractivity contribution in [2.45, 2.75) is 39.9 Å². The molecule has 0 radical (unpaired) electrons. The fourth-order valence-corrected chi connectivity index (χ4v) is 4.39. The van der Waals surface area contributed by atoms with Crippen molar-refractivity contribution in [3.8, 4) is 0 Å². The van der Waals surface area contributed by atoms with E-state index >= 15 is 0 Å². The number of carbonyl (C=O) groups is 1. The van der Waals surface area contributed by atoms with Crippen LogP contribution in [0.1, 0.15) is 37.5 Å². The maximum atomic E-state index is 12.6. The molecule has 0 spiro atoms. The minimum atomic E-state index is -3.50. The van der Waals surface area contributed by atoms with E-state index in [2.05, 4.69) is 4.72 Å². The largest absolute Gasteiger partial charge is 0.311 e. The van der Waals surface area contributed by atoms with Gasteiger partial charge < -0.3 is 4.90 Å². The Hall–Kier alpha value is -2.34. The number of nitrogens with one attached hydrogen (secondary N) is 1. The van der Waals surface area contributed by atoms with Gasteiger partial charge in [0, 0.05) is 23.3 Å². The summed E-state index contributed by atoms with van der Waals surface area (Å²) in [6.45, 7) is 8.31. The molecule has 0 saturated carbocycles. The van der Waals surface area contributed by atoms with Crippen LogP contribution in [-0.2, 0) is 27.0 Å². The number of aryl methyl sites for hydroxylation is 1. The Bertz CT molecular complexity index is 958. The minimum absolute atomic E-state index is 0.0704. The van der Waals surface area contributed by atoms with Gasteiger partial charge in [-0.15, -0.1) is 0 Å². The zero-order valence-corrected chi connectivity index (χ0v) is 17.1. The van der Waals surface area contributed by atoms with Gasteiger partial charge in [-0.25, -0.2) is 8.42 Å². The van der Waals surface area contributed by atoms with Crippen LogP contribution < -0.4 is 9.62 Å². The maximum absolute atomic E-state index is 12.6. The number of nitrogens with zero attached hydrogens (tertiary/aromatic N) is 1. The van der Waals surface area contributed by atoms with E-state index in [1.807, 2.05) is 64.1 Å². The molecule has 2 aromatic carbocycles. The van der Waals surface area contributed by atoms with E-state index in [1.165, 1.54) is 0 Å². The average molecular weight is 387 g/mol. The van der Waals surface area contributed by atoms with Gasteiger partial charge in [-0.05, 0) is 42.7 Å². The summed E-state index contributed by atoms with van der Waals surface area (Å²) in [5.41, 5.74) is 3.79. The average Bonchev–Trinajstić information content (AvgIpc) is 2.97. The van der Waals surface area contributed by atoms with E-state index in [4.69, 9.17) is 0 Å². The van der Waals surface area contributed by atoms with Gasteiger partial charge in [0.25, 0.3) is 0 Å². The molecular formula is C21H26N2O3S. The Morgan fingerprint density at radius 3 is 2.41 bits per heavy atom. The zero-order chi connectivity index (χ0) is 19.8. The van der Waals surface area contributed by atoms with E-state index in [0.29, 0.717) is 12.2 Å². The molecule has 0 atom stereocenters. The molecule has 6 heteroatoms. The highest BCUT2D eigenvalue weighted by atomic mass is 32.2. The highest BCUT2D eigenvalue weighted by Gasteiger charge is 2.32. The van der Waals surface area contributed by atoms with Gasteiger partial charge in [0.05, 0.1) is 5.75 Å². The lowest BCUT2D eigenvalue weighted by molar-refractivity contribution is -0.125. The summed E-state index contributed by atoms with van der Waals surface area (Å²) in [6.07, 6.45) is 0.727. The van der Waals surface area contributed by atoms with Crippen LogP contribution in [0.25, 0.3) is 0 Å². The topological polar surface area (TPSA) is 66.5 Å². The second-order valence-corrected chi connectivity index (χ2v) is 9.87. The first-order valence-corrected chi connectivity index (χ1v) is 10.7. The Balaban J connectivity index is 1.76. The number of anilines is 2. The monoisotopic (exact) mass is 386 g/mol. The number of hydrogen-bond acceptors (Lipinski definition) is 3. The van der Waals surface area contributed by atoms with Gasteiger partial charge in [-0.2, -0.15) is 0 Å². The molecule has 0 aromatic heterocycles. The first-order valence-electron chi connectivity index (χ1n) is 9.06. The third-order valence-electron chi connectivity index (χ3n) is 4.61. The van der Waals surface area contributed by atoms with Gasteiger partial charge >= 0.3 is 0 Å². The molecule has 0 bridgehead atoms. The molecule has 1 N–H and O–H groups in total. The number of rotatable bonds is 4.